The highest BCUT2D eigenvalue weighted by atomic mass is 32.2. The molecule has 2 amide bonds. The molecule has 0 aliphatic rings. The van der Waals surface area contributed by atoms with Crippen LogP contribution in [0.5, 0.6) is 0 Å². The van der Waals surface area contributed by atoms with Gasteiger partial charge in [0.2, 0.25) is 11.8 Å². The number of carbonyl (C=O) groups is 2. The molecule has 7 nitrogen and oxygen atoms in total. The van der Waals surface area contributed by atoms with E-state index < -0.39 is 0 Å². The summed E-state index contributed by atoms with van der Waals surface area (Å²) in [4.78, 5) is 23.2. The van der Waals surface area contributed by atoms with Crippen molar-refractivity contribution in [3.63, 3.8) is 0 Å². The van der Waals surface area contributed by atoms with Crippen LogP contribution in [0.25, 0.3) is 0 Å². The highest BCUT2D eigenvalue weighted by molar-refractivity contribution is 8.00. The van der Waals surface area contributed by atoms with E-state index in [2.05, 4.69) is 21.1 Å². The van der Waals surface area contributed by atoms with Crippen molar-refractivity contribution in [3.05, 3.63) is 11.8 Å². The molecule has 0 aliphatic carbocycles. The van der Waals surface area contributed by atoms with Crippen molar-refractivity contribution < 1.29 is 14.1 Å². The van der Waals surface area contributed by atoms with Crippen LogP contribution < -0.4 is 16.0 Å². The molecular weight excluding hydrogens is 292 g/mol. The first-order valence-corrected chi connectivity index (χ1v) is 7.97. The van der Waals surface area contributed by atoms with Gasteiger partial charge < -0.3 is 20.5 Å². The monoisotopic (exact) mass is 314 g/mol. The van der Waals surface area contributed by atoms with Crippen molar-refractivity contribution in [1.82, 2.24) is 15.8 Å². The largest absolute Gasteiger partial charge is 0.360 e. The Morgan fingerprint density at radius 1 is 1.38 bits per heavy atom. The number of nitrogens with one attached hydrogen (secondary N) is 3. The zero-order valence-electron chi connectivity index (χ0n) is 12.6. The molecule has 0 fully saturated rings. The number of aromatic nitrogens is 1. The van der Waals surface area contributed by atoms with Crippen molar-refractivity contribution >= 4 is 29.4 Å². The molecule has 21 heavy (non-hydrogen) atoms. The minimum absolute atomic E-state index is 0.0742. The summed E-state index contributed by atoms with van der Waals surface area (Å²) >= 11 is 1.26. The lowest BCUT2D eigenvalue weighted by Gasteiger charge is -2.12. The normalized spacial score (nSPS) is 12.0. The second-order valence-electron chi connectivity index (χ2n) is 4.63. The van der Waals surface area contributed by atoms with Crippen LogP contribution in [-0.4, -0.2) is 47.6 Å². The Balaban J connectivity index is 2.12. The zero-order valence-corrected chi connectivity index (χ0v) is 13.4. The Hall–Kier alpha value is -1.54. The number of nitrogens with zero attached hydrogens (tertiary/aromatic N) is 1. The molecule has 1 aromatic heterocycles. The Bertz CT molecular complexity index is 464. The number of rotatable bonds is 9. The van der Waals surface area contributed by atoms with E-state index in [4.69, 9.17) is 4.52 Å². The average Bonchev–Trinajstić information content (AvgIpc) is 2.82. The van der Waals surface area contributed by atoms with E-state index in [1.165, 1.54) is 11.8 Å². The predicted molar refractivity (Wildman–Crippen MR) is 83.3 cm³/mol. The van der Waals surface area contributed by atoms with Crippen LogP contribution >= 0.6 is 11.8 Å². The first kappa shape index (κ1) is 17.5. The summed E-state index contributed by atoms with van der Waals surface area (Å²) < 4.78 is 4.84. The highest BCUT2D eigenvalue weighted by Gasteiger charge is 2.09. The maximum absolute atomic E-state index is 11.6. The summed E-state index contributed by atoms with van der Waals surface area (Å²) in [5.74, 6) is 1.19. The minimum atomic E-state index is -0.206. The number of likely N-dealkylation sites (N-methyl/N-ethyl adjacent to an activating group) is 1. The van der Waals surface area contributed by atoms with E-state index in [9.17, 15) is 9.59 Å². The Labute approximate surface area is 128 Å². The lowest BCUT2D eigenvalue weighted by Crippen LogP contribution is -2.39. The molecule has 0 saturated carbocycles. The van der Waals surface area contributed by atoms with Crippen molar-refractivity contribution in [3.8, 4) is 0 Å². The van der Waals surface area contributed by atoms with Gasteiger partial charge in [0.15, 0.2) is 5.82 Å². The third kappa shape index (κ3) is 7.72. The first-order valence-electron chi connectivity index (χ1n) is 6.82. The number of aryl methyl sites for hydroxylation is 1. The molecule has 0 radical (unpaired) electrons. The standard InChI is InChI=1S/C13H22N4O3S/c1-4-14-9(2)6-15-12(18)7-21-8-13(19)16-11-5-10(3)20-17-11/h5,9,14H,4,6-8H2,1-3H3,(H,15,18)(H,16,17,19)/t9-/m1/s1. The molecule has 0 unspecified atom stereocenters. The van der Waals surface area contributed by atoms with E-state index in [1.807, 2.05) is 13.8 Å². The topological polar surface area (TPSA) is 96.3 Å². The minimum Gasteiger partial charge on any atom is -0.360 e. The lowest BCUT2D eigenvalue weighted by atomic mass is 10.3. The second kappa shape index (κ2) is 9.41. The van der Waals surface area contributed by atoms with Gasteiger partial charge in [0, 0.05) is 18.7 Å². The lowest BCUT2D eigenvalue weighted by molar-refractivity contribution is -0.118. The zero-order chi connectivity index (χ0) is 15.7. The van der Waals surface area contributed by atoms with Gasteiger partial charge in [-0.05, 0) is 20.4 Å². The number of hydrogen-bond donors (Lipinski definition) is 3. The molecule has 0 bridgehead atoms. The number of amides is 2. The van der Waals surface area contributed by atoms with Gasteiger partial charge in [-0.3, -0.25) is 9.59 Å². The van der Waals surface area contributed by atoms with Crippen LogP contribution in [0.15, 0.2) is 10.6 Å². The van der Waals surface area contributed by atoms with E-state index in [-0.39, 0.29) is 29.4 Å². The van der Waals surface area contributed by atoms with Gasteiger partial charge in [-0.25, -0.2) is 0 Å². The molecule has 1 heterocycles. The van der Waals surface area contributed by atoms with E-state index >= 15 is 0 Å². The van der Waals surface area contributed by atoms with Gasteiger partial charge >= 0.3 is 0 Å². The smallest absolute Gasteiger partial charge is 0.235 e. The predicted octanol–water partition coefficient (Wildman–Crippen LogP) is 0.769. The van der Waals surface area contributed by atoms with E-state index in [0.717, 1.165) is 6.54 Å². The third-order valence-corrected chi connectivity index (χ3v) is 3.45. The third-order valence-electron chi connectivity index (χ3n) is 2.52. The van der Waals surface area contributed by atoms with Crippen LogP contribution in [0.4, 0.5) is 5.82 Å². The Kier molecular flexibility index (Phi) is 7.84. The molecule has 1 aromatic rings. The number of hydrogen-bond acceptors (Lipinski definition) is 6. The van der Waals surface area contributed by atoms with Gasteiger partial charge in [-0.2, -0.15) is 0 Å². The van der Waals surface area contributed by atoms with Crippen LogP contribution in [0.3, 0.4) is 0 Å². The van der Waals surface area contributed by atoms with Gasteiger partial charge in [-0.15, -0.1) is 11.8 Å². The van der Waals surface area contributed by atoms with Crippen molar-refractivity contribution in [1.29, 1.82) is 0 Å². The highest BCUT2D eigenvalue weighted by Crippen LogP contribution is 2.08. The average molecular weight is 314 g/mol. The molecule has 3 N–H and O–H groups in total. The first-order chi connectivity index (χ1) is 10.0. The SMILES string of the molecule is CCN[C@H](C)CNC(=O)CSCC(=O)Nc1cc(C)on1. The van der Waals surface area contributed by atoms with Gasteiger partial charge in [0.05, 0.1) is 11.5 Å². The fraction of sp³-hybridized carbons (Fsp3) is 0.615. The molecule has 118 valence electrons. The summed E-state index contributed by atoms with van der Waals surface area (Å²) in [6.45, 7) is 7.22. The second-order valence-corrected chi connectivity index (χ2v) is 5.61. The molecule has 0 aromatic carbocycles. The van der Waals surface area contributed by atoms with Crippen LogP contribution in [0, 0.1) is 6.92 Å². The Morgan fingerprint density at radius 2 is 2.10 bits per heavy atom. The van der Waals surface area contributed by atoms with Gasteiger partial charge in [-0.1, -0.05) is 12.1 Å². The molecule has 0 spiro atoms. The molecule has 1 rings (SSSR count). The fourth-order valence-corrected chi connectivity index (χ4v) is 2.23. The van der Waals surface area contributed by atoms with Crippen LogP contribution in [0.2, 0.25) is 0 Å². The maximum Gasteiger partial charge on any atom is 0.235 e. The van der Waals surface area contributed by atoms with Crippen molar-refractivity contribution in [2.45, 2.75) is 26.8 Å². The summed E-state index contributed by atoms with van der Waals surface area (Å²) in [7, 11) is 0. The van der Waals surface area contributed by atoms with Crippen molar-refractivity contribution in [2.24, 2.45) is 0 Å². The number of anilines is 1. The van der Waals surface area contributed by atoms with Crippen molar-refractivity contribution in [2.75, 3.05) is 29.9 Å². The number of thioether (sulfide) groups is 1. The Morgan fingerprint density at radius 3 is 2.71 bits per heavy atom. The van der Waals surface area contributed by atoms with Gasteiger partial charge in [0.1, 0.15) is 5.76 Å². The number of carbonyl (C=O) groups excluding carboxylic acids is 2. The van der Waals surface area contributed by atoms with Crippen LogP contribution in [-0.2, 0) is 9.59 Å². The molecule has 0 aliphatic heterocycles. The molecule has 0 saturated heterocycles. The van der Waals surface area contributed by atoms with E-state index in [0.29, 0.717) is 18.1 Å². The summed E-state index contributed by atoms with van der Waals surface area (Å²) in [6, 6.07) is 1.87. The summed E-state index contributed by atoms with van der Waals surface area (Å²) in [6.07, 6.45) is 0. The molecular formula is C13H22N4O3S. The van der Waals surface area contributed by atoms with Gasteiger partial charge in [0.25, 0.3) is 0 Å². The molecule has 1 atom stereocenters. The maximum atomic E-state index is 11.6. The van der Waals surface area contributed by atoms with Crippen LogP contribution in [0.1, 0.15) is 19.6 Å². The summed E-state index contributed by atoms with van der Waals surface area (Å²) in [5, 5.41) is 12.3. The molecule has 8 heteroatoms. The quantitative estimate of drug-likeness (QED) is 0.623. The van der Waals surface area contributed by atoms with E-state index in [1.54, 1.807) is 13.0 Å². The summed E-state index contributed by atoms with van der Waals surface area (Å²) in [5.41, 5.74) is 0. The fourth-order valence-electron chi connectivity index (χ4n) is 1.58.